The van der Waals surface area contributed by atoms with Crippen molar-refractivity contribution in [3.05, 3.63) is 71.4 Å². The Morgan fingerprint density at radius 1 is 0.889 bits per heavy atom. The Balaban J connectivity index is 1.12. The van der Waals surface area contributed by atoms with Crippen LogP contribution >= 0.6 is 0 Å². The number of fused-ring (bicyclic) bond motifs is 1. The maximum absolute atomic E-state index is 13.5. The van der Waals surface area contributed by atoms with Crippen molar-refractivity contribution in [2.45, 2.75) is 77.5 Å². The van der Waals surface area contributed by atoms with Crippen molar-refractivity contribution in [1.82, 2.24) is 35.1 Å². The molecule has 4 aromatic rings. The van der Waals surface area contributed by atoms with Gasteiger partial charge in [0.15, 0.2) is 0 Å². The SMILES string of the molecule is COOC=N[C@H](C(=O)N1CCC[C@H]1c1nc2ccc(C#Cc3ccc(-c4cnc([C@@H]5CCCN5C(=O)[C@H](NC(=O)OC)C(C)C)[nH]4)cc3)cc2[nH]1)C(C)C. The number of methoxy groups -OCH3 is 1. The number of nitrogens with zero attached hydrogens (tertiary/aromatic N) is 5. The molecule has 0 saturated carbocycles. The summed E-state index contributed by atoms with van der Waals surface area (Å²) >= 11 is 0. The Morgan fingerprint density at radius 3 is 2.22 bits per heavy atom. The molecule has 2 aromatic carbocycles. The summed E-state index contributed by atoms with van der Waals surface area (Å²) in [4.78, 5) is 72.7. The summed E-state index contributed by atoms with van der Waals surface area (Å²) in [5.74, 6) is 7.66. The van der Waals surface area contributed by atoms with Crippen molar-refractivity contribution in [3.63, 3.8) is 0 Å². The van der Waals surface area contributed by atoms with E-state index in [9.17, 15) is 14.4 Å². The first kappa shape index (κ1) is 38.1. The molecule has 14 nitrogen and oxygen atoms in total. The van der Waals surface area contributed by atoms with Gasteiger partial charge in [-0.05, 0) is 73.4 Å². The van der Waals surface area contributed by atoms with Gasteiger partial charge in [0.2, 0.25) is 18.2 Å². The number of amides is 3. The highest BCUT2D eigenvalue weighted by atomic mass is 17.2. The number of aliphatic imine (C=N–C) groups is 1. The van der Waals surface area contributed by atoms with Gasteiger partial charge in [0.05, 0.1) is 49.2 Å². The molecule has 2 aromatic heterocycles. The Kier molecular flexibility index (Phi) is 12.0. The van der Waals surface area contributed by atoms with Crippen molar-refractivity contribution in [2.24, 2.45) is 16.8 Å². The number of benzene rings is 2. The van der Waals surface area contributed by atoms with E-state index in [1.54, 1.807) is 11.1 Å². The quantitative estimate of drug-likeness (QED) is 0.0581. The predicted octanol–water partition coefficient (Wildman–Crippen LogP) is 5.69. The lowest BCUT2D eigenvalue weighted by atomic mass is 10.0. The molecule has 4 atom stereocenters. The van der Waals surface area contributed by atoms with E-state index in [0.717, 1.165) is 64.9 Å². The van der Waals surface area contributed by atoms with Crippen LogP contribution in [0.25, 0.3) is 22.3 Å². The van der Waals surface area contributed by atoms with Gasteiger partial charge in [-0.2, -0.15) is 4.89 Å². The van der Waals surface area contributed by atoms with Gasteiger partial charge in [-0.3, -0.25) is 9.59 Å². The maximum atomic E-state index is 13.5. The van der Waals surface area contributed by atoms with Crippen LogP contribution in [0, 0.1) is 23.7 Å². The highest BCUT2D eigenvalue weighted by molar-refractivity contribution is 5.86. The van der Waals surface area contributed by atoms with Crippen LogP contribution in [0.2, 0.25) is 0 Å². The van der Waals surface area contributed by atoms with E-state index in [0.29, 0.717) is 18.9 Å². The average molecular weight is 737 g/mol. The zero-order chi connectivity index (χ0) is 38.4. The zero-order valence-electron chi connectivity index (χ0n) is 31.6. The number of aromatic amines is 2. The van der Waals surface area contributed by atoms with Crippen LogP contribution in [-0.4, -0.2) is 93.4 Å². The highest BCUT2D eigenvalue weighted by Gasteiger charge is 2.38. The molecule has 2 aliphatic rings. The Labute approximate surface area is 315 Å². The number of nitrogens with one attached hydrogen (secondary N) is 3. The van der Waals surface area contributed by atoms with E-state index in [4.69, 9.17) is 14.6 Å². The first-order valence-electron chi connectivity index (χ1n) is 18.4. The number of hydrogen-bond acceptors (Lipinski definition) is 9. The molecule has 3 N–H and O–H groups in total. The number of hydrogen-bond donors (Lipinski definition) is 3. The van der Waals surface area contributed by atoms with Gasteiger partial charge in [0.25, 0.3) is 0 Å². The van der Waals surface area contributed by atoms with Crippen LogP contribution in [0.1, 0.15) is 88.2 Å². The van der Waals surface area contributed by atoms with E-state index in [2.05, 4.69) is 42.0 Å². The van der Waals surface area contributed by atoms with E-state index in [1.807, 2.05) is 75.1 Å². The third-order valence-electron chi connectivity index (χ3n) is 9.98. The average Bonchev–Trinajstić information content (AvgIpc) is 4.00. The van der Waals surface area contributed by atoms with Gasteiger partial charge in [0.1, 0.15) is 23.7 Å². The van der Waals surface area contributed by atoms with E-state index in [-0.39, 0.29) is 35.7 Å². The lowest BCUT2D eigenvalue weighted by Crippen LogP contribution is -2.51. The molecule has 2 saturated heterocycles. The molecule has 3 amide bonds. The number of imidazole rings is 2. The van der Waals surface area contributed by atoms with Gasteiger partial charge < -0.3 is 34.7 Å². The van der Waals surface area contributed by atoms with E-state index in [1.165, 1.54) is 20.6 Å². The summed E-state index contributed by atoms with van der Waals surface area (Å²) in [6, 6.07) is 12.1. The standard InChI is InChI=1S/C40H48N8O6/c1-24(2)34(42-23-54-53-6)38(49)48-20-8-10-33(48)37-43-29-18-15-27(21-30(29)44-37)12-11-26-13-16-28(17-14-26)31-22-41-36(45-31)32-9-7-19-47(32)39(50)35(25(3)4)46-40(51)52-5/h13-18,21-25,32-35H,7-10,19-20H2,1-6H3,(H,41,45)(H,43,44)(H,46,51)/t32-,33-,34-,35+/m0/s1. The third-order valence-corrected chi connectivity index (χ3v) is 9.98. The van der Waals surface area contributed by atoms with E-state index < -0.39 is 18.2 Å². The monoisotopic (exact) mass is 736 g/mol. The number of carbonyl (C=O) groups excluding carboxylic acids is 3. The van der Waals surface area contributed by atoms with Crippen LogP contribution in [-0.2, 0) is 24.1 Å². The van der Waals surface area contributed by atoms with Crippen molar-refractivity contribution in [2.75, 3.05) is 27.3 Å². The number of carbonyl (C=O) groups is 3. The minimum absolute atomic E-state index is 0.0173. The molecule has 14 heteroatoms. The molecule has 2 fully saturated rings. The molecule has 0 radical (unpaired) electrons. The first-order chi connectivity index (χ1) is 26.1. The molecule has 0 bridgehead atoms. The minimum atomic E-state index is -0.688. The second kappa shape index (κ2) is 17.0. The van der Waals surface area contributed by atoms with Crippen LogP contribution in [0.3, 0.4) is 0 Å². The molecule has 284 valence electrons. The summed E-state index contributed by atoms with van der Waals surface area (Å²) in [7, 11) is 2.68. The molecule has 54 heavy (non-hydrogen) atoms. The van der Waals surface area contributed by atoms with Crippen LogP contribution < -0.4 is 5.32 Å². The summed E-state index contributed by atoms with van der Waals surface area (Å²) < 4.78 is 4.75. The van der Waals surface area contributed by atoms with Gasteiger partial charge in [-0.25, -0.2) is 19.8 Å². The number of H-pyrrole nitrogens is 2. The van der Waals surface area contributed by atoms with Crippen molar-refractivity contribution in [1.29, 1.82) is 0 Å². The fraction of sp³-hybridized carbons (Fsp3) is 0.450. The van der Waals surface area contributed by atoms with Gasteiger partial charge in [-0.1, -0.05) is 51.7 Å². The molecular weight excluding hydrogens is 688 g/mol. The lowest BCUT2D eigenvalue weighted by molar-refractivity contribution is -0.188. The fourth-order valence-electron chi connectivity index (χ4n) is 7.13. The van der Waals surface area contributed by atoms with Gasteiger partial charge in [0, 0.05) is 24.2 Å². The Bertz CT molecular complexity index is 2040. The number of ether oxygens (including phenoxy) is 1. The van der Waals surface area contributed by atoms with Crippen LogP contribution in [0.15, 0.2) is 53.7 Å². The molecule has 0 spiro atoms. The van der Waals surface area contributed by atoms with Crippen LogP contribution in [0.5, 0.6) is 0 Å². The molecule has 2 aliphatic heterocycles. The number of aromatic nitrogens is 4. The van der Waals surface area contributed by atoms with Crippen LogP contribution in [0.4, 0.5) is 4.79 Å². The van der Waals surface area contributed by atoms with Gasteiger partial charge in [-0.15, -0.1) is 0 Å². The molecular formula is C40H48N8O6. The third kappa shape index (κ3) is 8.42. The summed E-state index contributed by atoms with van der Waals surface area (Å²) in [6.07, 6.45) is 5.65. The smallest absolute Gasteiger partial charge is 0.407 e. The Hall–Kier alpha value is -5.68. The number of likely N-dealkylation sites (tertiary alicyclic amines) is 2. The highest BCUT2D eigenvalue weighted by Crippen LogP contribution is 2.34. The fourth-order valence-corrected chi connectivity index (χ4v) is 7.13. The normalized spacial score (nSPS) is 18.3. The number of alkyl carbamates (subject to hydrolysis) is 1. The predicted molar refractivity (Wildman–Crippen MR) is 203 cm³/mol. The molecule has 0 aliphatic carbocycles. The second-order valence-electron chi connectivity index (χ2n) is 14.3. The summed E-state index contributed by atoms with van der Waals surface area (Å²) in [5, 5.41) is 2.69. The molecule has 4 heterocycles. The zero-order valence-corrected chi connectivity index (χ0v) is 31.6. The van der Waals surface area contributed by atoms with Crippen molar-refractivity contribution >= 4 is 35.3 Å². The minimum Gasteiger partial charge on any atom is -0.453 e. The van der Waals surface area contributed by atoms with E-state index >= 15 is 0 Å². The Morgan fingerprint density at radius 2 is 1.56 bits per heavy atom. The van der Waals surface area contributed by atoms with Crippen molar-refractivity contribution < 1.29 is 28.9 Å². The topological polar surface area (TPSA) is 167 Å². The lowest BCUT2D eigenvalue weighted by Gasteiger charge is -2.30. The van der Waals surface area contributed by atoms with Crippen molar-refractivity contribution in [3.8, 4) is 23.1 Å². The largest absolute Gasteiger partial charge is 0.453 e. The maximum Gasteiger partial charge on any atom is 0.407 e. The summed E-state index contributed by atoms with van der Waals surface area (Å²) in [6.45, 7) is 8.94. The molecule has 0 unspecified atom stereocenters. The molecule has 6 rings (SSSR count). The van der Waals surface area contributed by atoms with Gasteiger partial charge >= 0.3 is 6.09 Å². The summed E-state index contributed by atoms with van der Waals surface area (Å²) in [5.41, 5.74) is 5.15. The second-order valence-corrected chi connectivity index (χ2v) is 14.3. The first-order valence-corrected chi connectivity index (χ1v) is 18.4. The number of rotatable bonds is 11.